The first-order valence-corrected chi connectivity index (χ1v) is 6.39. The highest BCUT2D eigenvalue weighted by atomic mass is 35.5. The third kappa shape index (κ3) is 4.06. The number of ether oxygens (including phenoxy) is 1. The van der Waals surface area contributed by atoms with Crippen molar-refractivity contribution in [2.45, 2.75) is 20.4 Å². The Labute approximate surface area is 117 Å². The van der Waals surface area contributed by atoms with Gasteiger partial charge in [-0.1, -0.05) is 29.8 Å². The molecular formula is C13H15ClN4O. The second kappa shape index (κ2) is 6.33. The quantitative estimate of drug-likeness (QED) is 0.911. The predicted molar refractivity (Wildman–Crippen MR) is 74.5 cm³/mol. The number of aromatic nitrogens is 3. The third-order valence-corrected chi connectivity index (χ3v) is 2.60. The van der Waals surface area contributed by atoms with Crippen LogP contribution in [-0.2, 0) is 6.54 Å². The van der Waals surface area contributed by atoms with Crippen molar-refractivity contribution in [2.24, 2.45) is 0 Å². The highest BCUT2D eigenvalue weighted by Crippen LogP contribution is 2.12. The summed E-state index contributed by atoms with van der Waals surface area (Å²) in [5.41, 5.74) is 2.37. The van der Waals surface area contributed by atoms with Gasteiger partial charge in [-0.2, -0.15) is 15.0 Å². The van der Waals surface area contributed by atoms with E-state index >= 15 is 0 Å². The molecule has 100 valence electrons. The largest absolute Gasteiger partial charge is 0.464 e. The summed E-state index contributed by atoms with van der Waals surface area (Å²) in [4.78, 5) is 12.0. The molecule has 0 radical (unpaired) electrons. The lowest BCUT2D eigenvalue weighted by atomic mass is 10.1. The van der Waals surface area contributed by atoms with Gasteiger partial charge in [0.15, 0.2) is 0 Å². The summed E-state index contributed by atoms with van der Waals surface area (Å²) in [6, 6.07) is 8.45. The van der Waals surface area contributed by atoms with E-state index in [1.54, 1.807) is 0 Å². The summed E-state index contributed by atoms with van der Waals surface area (Å²) in [6.45, 7) is 5.01. The number of aryl methyl sites for hydroxylation is 1. The average Bonchev–Trinajstić information content (AvgIpc) is 2.38. The minimum atomic E-state index is 0.116. The van der Waals surface area contributed by atoms with Crippen LogP contribution in [0.4, 0.5) is 5.95 Å². The van der Waals surface area contributed by atoms with Crippen LogP contribution in [0.2, 0.25) is 5.28 Å². The van der Waals surface area contributed by atoms with E-state index in [2.05, 4.69) is 51.5 Å². The number of anilines is 1. The Morgan fingerprint density at radius 1 is 1.16 bits per heavy atom. The number of halogens is 1. The topological polar surface area (TPSA) is 59.9 Å². The second-order valence-corrected chi connectivity index (χ2v) is 4.32. The van der Waals surface area contributed by atoms with Gasteiger partial charge in [0.2, 0.25) is 11.2 Å². The van der Waals surface area contributed by atoms with E-state index in [0.29, 0.717) is 19.1 Å². The number of hydrogen-bond acceptors (Lipinski definition) is 5. The van der Waals surface area contributed by atoms with Crippen LogP contribution < -0.4 is 10.1 Å². The van der Waals surface area contributed by atoms with Crippen molar-refractivity contribution in [2.75, 3.05) is 11.9 Å². The molecule has 0 atom stereocenters. The maximum atomic E-state index is 5.81. The molecule has 1 aromatic heterocycles. The molecule has 0 bridgehead atoms. The molecule has 0 fully saturated rings. The molecule has 2 rings (SSSR count). The van der Waals surface area contributed by atoms with Crippen LogP contribution in [-0.4, -0.2) is 21.6 Å². The first-order valence-electron chi connectivity index (χ1n) is 6.01. The Morgan fingerprint density at radius 3 is 2.58 bits per heavy atom. The van der Waals surface area contributed by atoms with Crippen molar-refractivity contribution in [3.63, 3.8) is 0 Å². The molecule has 0 unspecified atom stereocenters. The SMILES string of the molecule is CCOc1nc(Cl)nc(NCc2ccc(C)cc2)n1. The molecule has 0 aliphatic rings. The molecule has 1 aromatic carbocycles. The summed E-state index contributed by atoms with van der Waals surface area (Å²) in [6.07, 6.45) is 0. The number of nitrogens with one attached hydrogen (secondary N) is 1. The van der Waals surface area contributed by atoms with Gasteiger partial charge in [0.05, 0.1) is 6.61 Å². The van der Waals surface area contributed by atoms with E-state index in [1.807, 2.05) is 6.92 Å². The Hall–Kier alpha value is -1.88. The molecule has 0 saturated carbocycles. The summed E-state index contributed by atoms with van der Waals surface area (Å²) >= 11 is 5.81. The zero-order valence-corrected chi connectivity index (χ0v) is 11.6. The van der Waals surface area contributed by atoms with Crippen molar-refractivity contribution >= 4 is 17.5 Å². The first kappa shape index (κ1) is 13.5. The summed E-state index contributed by atoms with van der Waals surface area (Å²) in [5.74, 6) is 0.407. The van der Waals surface area contributed by atoms with Crippen molar-refractivity contribution in [1.29, 1.82) is 0 Å². The molecule has 0 spiro atoms. The Kier molecular flexibility index (Phi) is 4.52. The van der Waals surface area contributed by atoms with Gasteiger partial charge in [-0.3, -0.25) is 0 Å². The van der Waals surface area contributed by atoms with Crippen molar-refractivity contribution in [3.05, 3.63) is 40.7 Å². The number of benzene rings is 1. The zero-order chi connectivity index (χ0) is 13.7. The molecule has 6 heteroatoms. The lowest BCUT2D eigenvalue weighted by molar-refractivity contribution is 0.312. The van der Waals surface area contributed by atoms with Crippen LogP contribution in [0.3, 0.4) is 0 Å². The van der Waals surface area contributed by atoms with Crippen LogP contribution in [0.1, 0.15) is 18.1 Å². The van der Waals surface area contributed by atoms with E-state index in [1.165, 1.54) is 5.56 Å². The van der Waals surface area contributed by atoms with E-state index in [9.17, 15) is 0 Å². The summed E-state index contributed by atoms with van der Waals surface area (Å²) in [7, 11) is 0. The first-order chi connectivity index (χ1) is 9.17. The molecule has 2 aromatic rings. The minimum absolute atomic E-state index is 0.116. The van der Waals surface area contributed by atoms with Gasteiger partial charge in [0, 0.05) is 6.54 Å². The maximum absolute atomic E-state index is 5.81. The number of rotatable bonds is 5. The van der Waals surface area contributed by atoms with Gasteiger partial charge in [0.25, 0.3) is 0 Å². The normalized spacial score (nSPS) is 10.3. The maximum Gasteiger partial charge on any atom is 0.322 e. The fraction of sp³-hybridized carbons (Fsp3) is 0.308. The van der Waals surface area contributed by atoms with Gasteiger partial charge in [-0.25, -0.2) is 0 Å². The fourth-order valence-corrected chi connectivity index (χ4v) is 1.64. The smallest absolute Gasteiger partial charge is 0.322 e. The van der Waals surface area contributed by atoms with E-state index in [0.717, 1.165) is 5.56 Å². The van der Waals surface area contributed by atoms with Crippen molar-refractivity contribution in [1.82, 2.24) is 15.0 Å². The molecule has 0 saturated heterocycles. The van der Waals surface area contributed by atoms with Crippen LogP contribution >= 0.6 is 11.6 Å². The van der Waals surface area contributed by atoms with Gasteiger partial charge < -0.3 is 10.1 Å². The second-order valence-electron chi connectivity index (χ2n) is 3.98. The highest BCUT2D eigenvalue weighted by molar-refractivity contribution is 6.28. The summed E-state index contributed by atoms with van der Waals surface area (Å²) < 4.78 is 5.21. The van der Waals surface area contributed by atoms with Crippen molar-refractivity contribution in [3.8, 4) is 6.01 Å². The third-order valence-electron chi connectivity index (χ3n) is 2.43. The monoisotopic (exact) mass is 278 g/mol. The van der Waals surface area contributed by atoms with Crippen molar-refractivity contribution < 1.29 is 4.74 Å². The molecule has 1 heterocycles. The number of nitrogens with zero attached hydrogens (tertiary/aromatic N) is 3. The molecule has 0 amide bonds. The van der Waals surface area contributed by atoms with Gasteiger partial charge in [-0.15, -0.1) is 0 Å². The zero-order valence-electron chi connectivity index (χ0n) is 10.9. The average molecular weight is 279 g/mol. The lowest BCUT2D eigenvalue weighted by Crippen LogP contribution is -2.07. The van der Waals surface area contributed by atoms with Gasteiger partial charge >= 0.3 is 6.01 Å². The molecule has 5 nitrogen and oxygen atoms in total. The Bertz CT molecular complexity index is 545. The van der Waals surface area contributed by atoms with E-state index in [-0.39, 0.29) is 11.3 Å². The molecule has 19 heavy (non-hydrogen) atoms. The molecule has 1 N–H and O–H groups in total. The highest BCUT2D eigenvalue weighted by Gasteiger charge is 2.05. The molecular weight excluding hydrogens is 264 g/mol. The van der Waals surface area contributed by atoms with Crippen LogP contribution in [0.5, 0.6) is 6.01 Å². The van der Waals surface area contributed by atoms with Crippen LogP contribution in [0, 0.1) is 6.92 Å². The summed E-state index contributed by atoms with van der Waals surface area (Å²) in [5, 5.41) is 3.21. The van der Waals surface area contributed by atoms with Gasteiger partial charge in [-0.05, 0) is 31.0 Å². The fourth-order valence-electron chi connectivity index (χ4n) is 1.49. The van der Waals surface area contributed by atoms with Crippen LogP contribution in [0.25, 0.3) is 0 Å². The minimum Gasteiger partial charge on any atom is -0.464 e. The molecule has 0 aliphatic heterocycles. The van der Waals surface area contributed by atoms with Crippen LogP contribution in [0.15, 0.2) is 24.3 Å². The standard InChI is InChI=1S/C13H15ClN4O/c1-3-19-13-17-11(14)16-12(18-13)15-8-10-6-4-9(2)5-7-10/h4-7H,3,8H2,1-2H3,(H,15,16,17,18). The lowest BCUT2D eigenvalue weighted by Gasteiger charge is -2.07. The molecule has 0 aliphatic carbocycles. The van der Waals surface area contributed by atoms with E-state index < -0.39 is 0 Å². The predicted octanol–water partition coefficient (Wildman–Crippen LogP) is 2.84. The van der Waals surface area contributed by atoms with E-state index in [4.69, 9.17) is 16.3 Å². The Morgan fingerprint density at radius 2 is 1.89 bits per heavy atom. The Balaban J connectivity index is 2.04. The number of hydrogen-bond donors (Lipinski definition) is 1. The van der Waals surface area contributed by atoms with Gasteiger partial charge in [0.1, 0.15) is 0 Å².